The van der Waals surface area contributed by atoms with E-state index < -0.39 is 10.0 Å². The predicted octanol–water partition coefficient (Wildman–Crippen LogP) is 3.68. The van der Waals surface area contributed by atoms with E-state index in [9.17, 15) is 8.42 Å². The van der Waals surface area contributed by atoms with E-state index in [1.54, 1.807) is 6.07 Å². The summed E-state index contributed by atoms with van der Waals surface area (Å²) in [6, 6.07) is 1.70. The summed E-state index contributed by atoms with van der Waals surface area (Å²) in [7, 11) is -3.31. The van der Waals surface area contributed by atoms with Crippen molar-refractivity contribution in [3.8, 4) is 0 Å². The third-order valence-electron chi connectivity index (χ3n) is 2.42. The van der Waals surface area contributed by atoms with E-state index in [1.165, 1.54) is 11.3 Å². The van der Waals surface area contributed by atoms with Gasteiger partial charge in [0.25, 0.3) is 0 Å². The number of halogens is 1. The zero-order valence-corrected chi connectivity index (χ0v) is 13.3. The van der Waals surface area contributed by atoms with E-state index in [-0.39, 0.29) is 0 Å². The Hall–Kier alpha value is 0.0900. The molecule has 1 N–H and O–H groups in total. The van der Waals surface area contributed by atoms with Crippen LogP contribution in [0.2, 0.25) is 0 Å². The van der Waals surface area contributed by atoms with Crippen LogP contribution in [0.1, 0.15) is 38.2 Å². The predicted molar refractivity (Wildman–Crippen MR) is 76.1 cm³/mol. The molecule has 0 saturated heterocycles. The van der Waals surface area contributed by atoms with Crippen LogP contribution in [-0.4, -0.2) is 15.0 Å². The molecule has 0 aliphatic rings. The third-order valence-corrected chi connectivity index (χ3v) is 6.49. The van der Waals surface area contributed by atoms with Crippen LogP contribution >= 0.6 is 27.3 Å². The van der Waals surface area contributed by atoms with Gasteiger partial charge in [-0.2, -0.15) is 0 Å². The lowest BCUT2D eigenvalue weighted by atomic mass is 10.2. The molecule has 6 heteroatoms. The molecule has 98 valence electrons. The zero-order valence-electron chi connectivity index (χ0n) is 10.1. The molecule has 0 spiro atoms. The normalized spacial score (nSPS) is 11.9. The molecule has 1 rings (SSSR count). The second-order valence-electron chi connectivity index (χ2n) is 3.98. The van der Waals surface area contributed by atoms with E-state index in [1.807, 2.05) is 6.92 Å². The first-order chi connectivity index (χ1) is 7.97. The summed E-state index contributed by atoms with van der Waals surface area (Å²) < 4.78 is 27.7. The molecule has 1 aromatic heterocycles. The van der Waals surface area contributed by atoms with Crippen molar-refractivity contribution in [2.24, 2.45) is 0 Å². The van der Waals surface area contributed by atoms with Crippen molar-refractivity contribution in [2.75, 3.05) is 6.54 Å². The number of unbranched alkanes of at least 4 members (excludes halogenated alkanes) is 3. The molecule has 0 bridgehead atoms. The van der Waals surface area contributed by atoms with Gasteiger partial charge < -0.3 is 0 Å². The summed E-state index contributed by atoms with van der Waals surface area (Å²) in [5, 5.41) is 0. The lowest BCUT2D eigenvalue weighted by molar-refractivity contribution is 0.575. The Balaban J connectivity index is 2.51. The van der Waals surface area contributed by atoms with E-state index in [2.05, 4.69) is 27.6 Å². The molecule has 0 aliphatic heterocycles. The summed E-state index contributed by atoms with van der Waals surface area (Å²) in [5.74, 6) is 0. The summed E-state index contributed by atoms with van der Waals surface area (Å²) in [6.07, 6.45) is 4.29. The monoisotopic (exact) mass is 339 g/mol. The molecule has 1 aromatic rings. The first-order valence-electron chi connectivity index (χ1n) is 5.73. The largest absolute Gasteiger partial charge is 0.250 e. The van der Waals surface area contributed by atoms with Gasteiger partial charge in [0.2, 0.25) is 10.0 Å². The molecular weight excluding hydrogens is 322 g/mol. The first kappa shape index (κ1) is 15.1. The molecule has 0 radical (unpaired) electrons. The van der Waals surface area contributed by atoms with Gasteiger partial charge in [-0.15, -0.1) is 11.3 Å². The molecule has 0 amide bonds. The van der Waals surface area contributed by atoms with Gasteiger partial charge >= 0.3 is 0 Å². The Morgan fingerprint density at radius 1 is 1.35 bits per heavy atom. The molecule has 0 saturated carbocycles. The van der Waals surface area contributed by atoms with Crippen molar-refractivity contribution in [3.63, 3.8) is 0 Å². The Morgan fingerprint density at radius 2 is 2.06 bits per heavy atom. The highest BCUT2D eigenvalue weighted by Gasteiger charge is 2.17. The standard InChI is InChI=1S/C11H18BrNO2S2/c1-3-4-5-6-7-13-17(14,15)10-8-9(2)11(12)16-10/h8,13H,3-7H2,1-2H3. The second kappa shape index (κ2) is 6.87. The van der Waals surface area contributed by atoms with Gasteiger partial charge in [-0.3, -0.25) is 0 Å². The van der Waals surface area contributed by atoms with Crippen LogP contribution in [0.25, 0.3) is 0 Å². The number of thiophene rings is 1. The van der Waals surface area contributed by atoms with Crippen molar-refractivity contribution < 1.29 is 8.42 Å². The van der Waals surface area contributed by atoms with Gasteiger partial charge in [0.05, 0.1) is 3.79 Å². The SMILES string of the molecule is CCCCCCNS(=O)(=O)c1cc(C)c(Br)s1. The molecule has 0 unspecified atom stereocenters. The van der Waals surface area contributed by atoms with Crippen LogP contribution in [0.5, 0.6) is 0 Å². The van der Waals surface area contributed by atoms with Crippen molar-refractivity contribution >= 4 is 37.3 Å². The number of hydrogen-bond acceptors (Lipinski definition) is 3. The van der Waals surface area contributed by atoms with Crippen LogP contribution < -0.4 is 4.72 Å². The lowest BCUT2D eigenvalue weighted by Crippen LogP contribution is -2.23. The average molecular weight is 340 g/mol. The molecule has 3 nitrogen and oxygen atoms in total. The summed E-state index contributed by atoms with van der Waals surface area (Å²) in [4.78, 5) is 0. The Labute approximate surface area is 116 Å². The van der Waals surface area contributed by atoms with Crippen molar-refractivity contribution in [1.82, 2.24) is 4.72 Å². The second-order valence-corrected chi connectivity index (χ2v) is 8.34. The number of nitrogens with one attached hydrogen (secondary N) is 1. The summed E-state index contributed by atoms with van der Waals surface area (Å²) in [5.41, 5.74) is 0.960. The smallest absolute Gasteiger partial charge is 0.210 e. The fourth-order valence-electron chi connectivity index (χ4n) is 1.39. The number of rotatable bonds is 7. The lowest BCUT2D eigenvalue weighted by Gasteiger charge is -2.03. The van der Waals surface area contributed by atoms with E-state index in [0.29, 0.717) is 10.8 Å². The molecular formula is C11H18BrNO2S2. The van der Waals surface area contributed by atoms with Gasteiger partial charge in [0.1, 0.15) is 4.21 Å². The van der Waals surface area contributed by atoms with Crippen LogP contribution in [0.15, 0.2) is 14.1 Å². The minimum atomic E-state index is -3.31. The highest BCUT2D eigenvalue weighted by molar-refractivity contribution is 9.11. The minimum absolute atomic E-state index is 0.386. The quantitative estimate of drug-likeness (QED) is 0.770. The van der Waals surface area contributed by atoms with Crippen LogP contribution in [0, 0.1) is 6.92 Å². The van der Waals surface area contributed by atoms with Crippen molar-refractivity contribution in [1.29, 1.82) is 0 Å². The van der Waals surface area contributed by atoms with E-state index >= 15 is 0 Å². The third kappa shape index (κ3) is 4.69. The summed E-state index contributed by atoms with van der Waals surface area (Å²) >= 11 is 4.59. The number of hydrogen-bond donors (Lipinski definition) is 1. The maximum absolute atomic E-state index is 11.9. The average Bonchev–Trinajstić information content (AvgIpc) is 2.60. The Bertz CT molecular complexity index is 435. The highest BCUT2D eigenvalue weighted by Crippen LogP contribution is 2.30. The molecule has 0 aliphatic carbocycles. The maximum Gasteiger partial charge on any atom is 0.250 e. The van der Waals surface area contributed by atoms with Gasteiger partial charge in [-0.25, -0.2) is 13.1 Å². The van der Waals surface area contributed by atoms with Gasteiger partial charge in [-0.1, -0.05) is 26.2 Å². The fourth-order valence-corrected chi connectivity index (χ4v) is 4.74. The Morgan fingerprint density at radius 3 is 2.59 bits per heavy atom. The first-order valence-corrected chi connectivity index (χ1v) is 8.82. The topological polar surface area (TPSA) is 46.2 Å². The maximum atomic E-state index is 11.9. The van der Waals surface area contributed by atoms with Gasteiger partial charge in [0.15, 0.2) is 0 Å². The van der Waals surface area contributed by atoms with Crippen molar-refractivity contribution in [3.05, 3.63) is 15.4 Å². The van der Waals surface area contributed by atoms with E-state index in [0.717, 1.165) is 35.0 Å². The fraction of sp³-hybridized carbons (Fsp3) is 0.636. The Kier molecular flexibility index (Phi) is 6.12. The van der Waals surface area contributed by atoms with Crippen molar-refractivity contribution in [2.45, 2.75) is 43.7 Å². The number of sulfonamides is 1. The zero-order chi connectivity index (χ0) is 12.9. The van der Waals surface area contributed by atoms with Gasteiger partial charge in [-0.05, 0) is 40.9 Å². The minimum Gasteiger partial charge on any atom is -0.210 e. The van der Waals surface area contributed by atoms with E-state index in [4.69, 9.17) is 0 Å². The van der Waals surface area contributed by atoms with Crippen LogP contribution in [-0.2, 0) is 10.0 Å². The van der Waals surface area contributed by atoms with Gasteiger partial charge in [0, 0.05) is 6.54 Å². The molecule has 0 aromatic carbocycles. The van der Waals surface area contributed by atoms with Crippen LogP contribution in [0.3, 0.4) is 0 Å². The van der Waals surface area contributed by atoms with Crippen LogP contribution in [0.4, 0.5) is 0 Å². The molecule has 1 heterocycles. The molecule has 17 heavy (non-hydrogen) atoms. The number of aryl methyl sites for hydroxylation is 1. The summed E-state index contributed by atoms with van der Waals surface area (Å²) in [6.45, 7) is 4.55. The molecule has 0 atom stereocenters. The molecule has 0 fully saturated rings. The highest BCUT2D eigenvalue weighted by atomic mass is 79.9.